The molecule has 0 amide bonds. The maximum Gasteiger partial charge on any atom is 0.120 e. The van der Waals surface area contributed by atoms with E-state index >= 15 is 0 Å². The molecule has 0 aromatic carbocycles. The van der Waals surface area contributed by atoms with Gasteiger partial charge in [-0.25, -0.2) is 0 Å². The molecular formula is C13H18OS. The molecule has 0 heterocycles. The standard InChI is InChI=1S/C13H18OS/c1-2-7-12(10-6-11-15)14-13-8-4-3-5-9-13/h2-4,6,8,10,12,15H,1,5,7,9,11H2/b10-6-/t12-/m1/s1. The van der Waals surface area contributed by atoms with E-state index in [-0.39, 0.29) is 6.10 Å². The lowest BCUT2D eigenvalue weighted by molar-refractivity contribution is 0.148. The van der Waals surface area contributed by atoms with Gasteiger partial charge in [0.25, 0.3) is 0 Å². The SMILES string of the molecule is C=CC[C@H](/C=C\CS)OC1=CC=CCC1. The third-order valence-electron chi connectivity index (χ3n) is 2.13. The van der Waals surface area contributed by atoms with Gasteiger partial charge in [0.1, 0.15) is 6.10 Å². The molecule has 2 heteroatoms. The van der Waals surface area contributed by atoms with Crippen LogP contribution >= 0.6 is 12.6 Å². The Balaban J connectivity index is 2.49. The highest BCUT2D eigenvalue weighted by atomic mass is 32.1. The van der Waals surface area contributed by atoms with Crippen LogP contribution in [-0.4, -0.2) is 11.9 Å². The Morgan fingerprint density at radius 1 is 1.60 bits per heavy atom. The van der Waals surface area contributed by atoms with Crippen LogP contribution in [0.4, 0.5) is 0 Å². The summed E-state index contributed by atoms with van der Waals surface area (Å²) in [6, 6.07) is 0. The number of thiol groups is 1. The summed E-state index contributed by atoms with van der Waals surface area (Å²) in [7, 11) is 0. The molecule has 0 saturated carbocycles. The van der Waals surface area contributed by atoms with E-state index < -0.39 is 0 Å². The molecule has 0 unspecified atom stereocenters. The molecule has 0 saturated heterocycles. The van der Waals surface area contributed by atoms with Crippen molar-refractivity contribution < 1.29 is 4.74 Å². The zero-order chi connectivity index (χ0) is 10.9. The molecule has 1 aliphatic carbocycles. The first-order chi connectivity index (χ1) is 7.36. The average Bonchev–Trinajstić information content (AvgIpc) is 2.28. The predicted octanol–water partition coefficient (Wildman–Crippen LogP) is 3.67. The number of rotatable bonds is 6. The fourth-order valence-corrected chi connectivity index (χ4v) is 1.54. The highest BCUT2D eigenvalue weighted by Crippen LogP contribution is 2.17. The summed E-state index contributed by atoms with van der Waals surface area (Å²) in [5.41, 5.74) is 0. The highest BCUT2D eigenvalue weighted by Gasteiger charge is 2.07. The fraction of sp³-hybridized carbons (Fsp3) is 0.385. The zero-order valence-corrected chi connectivity index (χ0v) is 9.83. The zero-order valence-electron chi connectivity index (χ0n) is 8.93. The minimum Gasteiger partial charge on any atom is -0.490 e. The van der Waals surface area contributed by atoms with Crippen molar-refractivity contribution in [3.8, 4) is 0 Å². The summed E-state index contributed by atoms with van der Waals surface area (Å²) >= 11 is 4.14. The van der Waals surface area contributed by atoms with Crippen LogP contribution in [0.3, 0.4) is 0 Å². The topological polar surface area (TPSA) is 9.23 Å². The van der Waals surface area contributed by atoms with Crippen LogP contribution in [0.25, 0.3) is 0 Å². The summed E-state index contributed by atoms with van der Waals surface area (Å²) in [4.78, 5) is 0. The molecule has 0 aromatic rings. The van der Waals surface area contributed by atoms with E-state index in [1.165, 1.54) is 0 Å². The Bertz CT molecular complexity index is 276. The third-order valence-corrected chi connectivity index (χ3v) is 2.34. The van der Waals surface area contributed by atoms with Crippen LogP contribution in [0.1, 0.15) is 19.3 Å². The molecule has 15 heavy (non-hydrogen) atoms. The van der Waals surface area contributed by atoms with Gasteiger partial charge in [-0.15, -0.1) is 6.58 Å². The first-order valence-corrected chi connectivity index (χ1v) is 5.91. The van der Waals surface area contributed by atoms with Gasteiger partial charge in [-0.1, -0.05) is 24.3 Å². The fourth-order valence-electron chi connectivity index (χ4n) is 1.42. The molecule has 0 aliphatic heterocycles. The number of ether oxygens (including phenoxy) is 1. The molecule has 0 aromatic heterocycles. The molecule has 82 valence electrons. The molecule has 1 atom stereocenters. The second kappa shape index (κ2) is 7.41. The second-order valence-corrected chi connectivity index (χ2v) is 3.76. The smallest absolute Gasteiger partial charge is 0.120 e. The molecule has 0 N–H and O–H groups in total. The van der Waals surface area contributed by atoms with Crippen molar-refractivity contribution in [1.82, 2.24) is 0 Å². The van der Waals surface area contributed by atoms with Gasteiger partial charge in [-0.3, -0.25) is 0 Å². The van der Waals surface area contributed by atoms with Gasteiger partial charge < -0.3 is 4.74 Å². The van der Waals surface area contributed by atoms with Gasteiger partial charge in [0.15, 0.2) is 0 Å². The van der Waals surface area contributed by atoms with E-state index in [1.54, 1.807) is 0 Å². The van der Waals surface area contributed by atoms with Gasteiger partial charge in [-0.05, 0) is 18.6 Å². The minimum absolute atomic E-state index is 0.104. The maximum absolute atomic E-state index is 5.85. The Hall–Kier alpha value is -0.890. The van der Waals surface area contributed by atoms with Crippen LogP contribution in [0.15, 0.2) is 48.8 Å². The molecule has 0 bridgehead atoms. The van der Waals surface area contributed by atoms with E-state index in [9.17, 15) is 0 Å². The Morgan fingerprint density at radius 2 is 2.47 bits per heavy atom. The normalized spacial score (nSPS) is 17.5. The first-order valence-electron chi connectivity index (χ1n) is 5.27. The lowest BCUT2D eigenvalue weighted by Gasteiger charge is -2.17. The van der Waals surface area contributed by atoms with Gasteiger partial charge in [0.05, 0.1) is 5.76 Å². The van der Waals surface area contributed by atoms with Crippen LogP contribution in [0.5, 0.6) is 0 Å². The van der Waals surface area contributed by atoms with Crippen molar-refractivity contribution in [2.45, 2.75) is 25.4 Å². The van der Waals surface area contributed by atoms with Gasteiger partial charge >= 0.3 is 0 Å². The Kier molecular flexibility index (Phi) is 6.02. The predicted molar refractivity (Wildman–Crippen MR) is 69.1 cm³/mol. The van der Waals surface area contributed by atoms with Gasteiger partial charge in [0, 0.05) is 18.6 Å². The van der Waals surface area contributed by atoms with E-state index in [0.29, 0.717) is 0 Å². The molecule has 0 spiro atoms. The number of hydrogen-bond acceptors (Lipinski definition) is 2. The van der Waals surface area contributed by atoms with E-state index in [4.69, 9.17) is 4.74 Å². The number of hydrogen-bond donors (Lipinski definition) is 1. The van der Waals surface area contributed by atoms with Gasteiger partial charge in [-0.2, -0.15) is 12.6 Å². The third kappa shape index (κ3) is 4.93. The lowest BCUT2D eigenvalue weighted by atomic mass is 10.1. The lowest BCUT2D eigenvalue weighted by Crippen LogP contribution is -2.09. The van der Waals surface area contributed by atoms with Crippen molar-refractivity contribution in [2.75, 3.05) is 5.75 Å². The summed E-state index contributed by atoms with van der Waals surface area (Å²) in [6.07, 6.45) is 15.2. The summed E-state index contributed by atoms with van der Waals surface area (Å²) in [5, 5.41) is 0. The summed E-state index contributed by atoms with van der Waals surface area (Å²) < 4.78 is 5.85. The molecule has 1 aliphatic rings. The van der Waals surface area contributed by atoms with Crippen molar-refractivity contribution in [3.63, 3.8) is 0 Å². The Morgan fingerprint density at radius 3 is 3.07 bits per heavy atom. The van der Waals surface area contributed by atoms with Crippen LogP contribution in [-0.2, 0) is 4.74 Å². The molecular weight excluding hydrogens is 204 g/mol. The first kappa shape index (κ1) is 12.2. The largest absolute Gasteiger partial charge is 0.490 e. The summed E-state index contributed by atoms with van der Waals surface area (Å²) in [5.74, 6) is 1.81. The van der Waals surface area contributed by atoms with E-state index in [2.05, 4.69) is 25.3 Å². The van der Waals surface area contributed by atoms with Crippen molar-refractivity contribution in [2.24, 2.45) is 0 Å². The van der Waals surface area contributed by atoms with Crippen molar-refractivity contribution >= 4 is 12.6 Å². The number of allylic oxidation sites excluding steroid dienone is 4. The minimum atomic E-state index is 0.104. The van der Waals surface area contributed by atoms with E-state index in [0.717, 1.165) is 30.8 Å². The molecule has 0 radical (unpaired) electrons. The molecule has 0 fully saturated rings. The van der Waals surface area contributed by atoms with Crippen LogP contribution in [0.2, 0.25) is 0 Å². The monoisotopic (exact) mass is 222 g/mol. The second-order valence-electron chi connectivity index (χ2n) is 3.39. The summed E-state index contributed by atoms with van der Waals surface area (Å²) in [6.45, 7) is 3.74. The van der Waals surface area contributed by atoms with E-state index in [1.807, 2.05) is 30.4 Å². The highest BCUT2D eigenvalue weighted by molar-refractivity contribution is 7.80. The van der Waals surface area contributed by atoms with Crippen molar-refractivity contribution in [3.05, 3.63) is 48.8 Å². The average molecular weight is 222 g/mol. The van der Waals surface area contributed by atoms with Gasteiger partial charge in [0.2, 0.25) is 0 Å². The Labute approximate surface area is 97.6 Å². The maximum atomic E-state index is 5.85. The van der Waals surface area contributed by atoms with Crippen LogP contribution in [0, 0.1) is 0 Å². The quantitative estimate of drug-likeness (QED) is 0.533. The molecule has 1 rings (SSSR count). The molecule has 1 nitrogen and oxygen atoms in total. The van der Waals surface area contributed by atoms with Crippen LogP contribution < -0.4 is 0 Å². The van der Waals surface area contributed by atoms with Crippen molar-refractivity contribution in [1.29, 1.82) is 0 Å².